The lowest BCUT2D eigenvalue weighted by Gasteiger charge is -2.12. The van der Waals surface area contributed by atoms with Gasteiger partial charge in [0.15, 0.2) is 5.89 Å². The van der Waals surface area contributed by atoms with E-state index in [0.29, 0.717) is 18.0 Å². The number of rotatable bonds is 6. The zero-order chi connectivity index (χ0) is 13.7. The van der Waals surface area contributed by atoms with E-state index in [0.717, 1.165) is 0 Å². The van der Waals surface area contributed by atoms with Crippen LogP contribution >= 0.6 is 0 Å². The molecule has 0 aliphatic carbocycles. The van der Waals surface area contributed by atoms with E-state index in [4.69, 9.17) is 9.52 Å². The summed E-state index contributed by atoms with van der Waals surface area (Å²) in [4.78, 5) is 26.7. The fourth-order valence-electron chi connectivity index (χ4n) is 1.51. The molecule has 1 atom stereocenters. The molecule has 1 heterocycles. The number of carbonyl (C=O) groups is 2. The molecule has 1 amide bonds. The number of aryl methyl sites for hydroxylation is 2. The highest BCUT2D eigenvalue weighted by molar-refractivity contribution is 5.95. The van der Waals surface area contributed by atoms with E-state index in [2.05, 4.69) is 16.9 Å². The fraction of sp³-hybridized carbons (Fsp3) is 0.417. The fourth-order valence-corrected chi connectivity index (χ4v) is 1.51. The second-order valence-electron chi connectivity index (χ2n) is 3.88. The van der Waals surface area contributed by atoms with Crippen molar-refractivity contribution in [1.29, 1.82) is 0 Å². The smallest absolute Gasteiger partial charge is 0.326 e. The molecule has 1 rings (SSSR count). The average molecular weight is 252 g/mol. The molecule has 0 radical (unpaired) electrons. The first-order valence-electron chi connectivity index (χ1n) is 5.54. The van der Waals surface area contributed by atoms with Crippen LogP contribution in [0.15, 0.2) is 17.1 Å². The highest BCUT2D eigenvalue weighted by atomic mass is 16.4. The lowest BCUT2D eigenvalue weighted by Crippen LogP contribution is -2.40. The third kappa shape index (κ3) is 3.44. The summed E-state index contributed by atoms with van der Waals surface area (Å²) in [6.07, 6.45) is 2.40. The third-order valence-corrected chi connectivity index (χ3v) is 2.37. The number of nitrogens with one attached hydrogen (secondary N) is 1. The predicted octanol–water partition coefficient (Wildman–Crippen LogP) is 1.44. The van der Waals surface area contributed by atoms with Gasteiger partial charge < -0.3 is 14.8 Å². The van der Waals surface area contributed by atoms with Crippen LogP contribution in [0.5, 0.6) is 0 Å². The number of amides is 1. The molecule has 0 fully saturated rings. The number of hydrogen-bond donors (Lipinski definition) is 2. The Labute approximate surface area is 105 Å². The van der Waals surface area contributed by atoms with Crippen LogP contribution in [0, 0.1) is 13.8 Å². The molecule has 0 aliphatic heterocycles. The number of carbonyl (C=O) groups excluding carboxylic acids is 1. The van der Waals surface area contributed by atoms with Crippen LogP contribution in [0.4, 0.5) is 0 Å². The molecule has 98 valence electrons. The van der Waals surface area contributed by atoms with Crippen molar-refractivity contribution in [2.24, 2.45) is 0 Å². The molecule has 0 aliphatic rings. The zero-order valence-electron chi connectivity index (χ0n) is 10.4. The number of nitrogens with zero attached hydrogens (tertiary/aromatic N) is 1. The zero-order valence-corrected chi connectivity index (χ0v) is 10.4. The second kappa shape index (κ2) is 6.00. The van der Waals surface area contributed by atoms with E-state index in [-0.39, 0.29) is 12.2 Å². The Bertz CT molecular complexity index is 465. The quantitative estimate of drug-likeness (QED) is 0.747. The van der Waals surface area contributed by atoms with Crippen molar-refractivity contribution in [1.82, 2.24) is 10.3 Å². The van der Waals surface area contributed by atoms with Crippen LogP contribution in [0.3, 0.4) is 0 Å². The third-order valence-electron chi connectivity index (χ3n) is 2.37. The van der Waals surface area contributed by atoms with Gasteiger partial charge in [-0.2, -0.15) is 0 Å². The lowest BCUT2D eigenvalue weighted by molar-refractivity contribution is -0.139. The van der Waals surface area contributed by atoms with Crippen molar-refractivity contribution in [2.45, 2.75) is 32.7 Å². The molecule has 0 saturated carbocycles. The Balaban J connectivity index is 2.75. The standard InChI is InChI=1S/C12H16N2O4/c1-4-5-6-9(12(16)17)14-11(15)10-7(2)13-8(3)18-10/h4,9H,1,5-6H2,2-3H3,(H,14,15)(H,16,17). The number of allylic oxidation sites excluding steroid dienone is 1. The van der Waals surface area contributed by atoms with E-state index in [1.54, 1.807) is 19.9 Å². The van der Waals surface area contributed by atoms with Gasteiger partial charge in [0.05, 0.1) is 5.69 Å². The van der Waals surface area contributed by atoms with Gasteiger partial charge in [-0.15, -0.1) is 6.58 Å². The van der Waals surface area contributed by atoms with Gasteiger partial charge in [0.2, 0.25) is 5.76 Å². The van der Waals surface area contributed by atoms with Crippen molar-refractivity contribution in [3.8, 4) is 0 Å². The molecule has 1 aromatic heterocycles. The molecule has 18 heavy (non-hydrogen) atoms. The predicted molar refractivity (Wildman–Crippen MR) is 64.3 cm³/mol. The van der Waals surface area contributed by atoms with Gasteiger partial charge in [-0.25, -0.2) is 9.78 Å². The molecule has 2 N–H and O–H groups in total. The summed E-state index contributed by atoms with van der Waals surface area (Å²) in [6.45, 7) is 6.76. The number of carboxylic acid groups (broad SMARTS) is 1. The highest BCUT2D eigenvalue weighted by Gasteiger charge is 2.23. The minimum atomic E-state index is -1.08. The van der Waals surface area contributed by atoms with Gasteiger partial charge in [-0.1, -0.05) is 6.08 Å². The molecule has 1 unspecified atom stereocenters. The van der Waals surface area contributed by atoms with Gasteiger partial charge >= 0.3 is 5.97 Å². The monoisotopic (exact) mass is 252 g/mol. The van der Waals surface area contributed by atoms with Crippen LogP contribution in [-0.4, -0.2) is 28.0 Å². The normalized spacial score (nSPS) is 11.9. The molecule has 0 bridgehead atoms. The summed E-state index contributed by atoms with van der Waals surface area (Å²) in [7, 11) is 0. The Kier molecular flexibility index (Phi) is 4.65. The number of hydrogen-bond acceptors (Lipinski definition) is 4. The van der Waals surface area contributed by atoms with Crippen molar-refractivity contribution in [2.75, 3.05) is 0 Å². The molecule has 0 saturated heterocycles. The Hall–Kier alpha value is -2.11. The maximum Gasteiger partial charge on any atom is 0.326 e. The maximum atomic E-state index is 11.8. The van der Waals surface area contributed by atoms with Crippen LogP contribution in [-0.2, 0) is 4.79 Å². The van der Waals surface area contributed by atoms with E-state index in [1.165, 1.54) is 0 Å². The molecule has 6 heteroatoms. The summed E-state index contributed by atoms with van der Waals surface area (Å²) >= 11 is 0. The largest absolute Gasteiger partial charge is 0.480 e. The molecular formula is C12H16N2O4. The number of carboxylic acids is 1. The lowest BCUT2D eigenvalue weighted by atomic mass is 10.1. The maximum absolute atomic E-state index is 11.8. The number of oxazole rings is 1. The summed E-state index contributed by atoms with van der Waals surface area (Å²) in [5, 5.41) is 11.4. The van der Waals surface area contributed by atoms with E-state index >= 15 is 0 Å². The van der Waals surface area contributed by atoms with E-state index in [9.17, 15) is 9.59 Å². The van der Waals surface area contributed by atoms with Gasteiger partial charge in [0.1, 0.15) is 6.04 Å². The minimum absolute atomic E-state index is 0.0531. The molecule has 1 aromatic rings. The van der Waals surface area contributed by atoms with E-state index < -0.39 is 17.9 Å². The summed E-state index contributed by atoms with van der Waals surface area (Å²) in [5.74, 6) is -1.23. The van der Waals surface area contributed by atoms with Crippen molar-refractivity contribution in [3.05, 3.63) is 30.0 Å². The topological polar surface area (TPSA) is 92.4 Å². The molecule has 6 nitrogen and oxygen atoms in total. The van der Waals surface area contributed by atoms with Gasteiger partial charge in [-0.3, -0.25) is 4.79 Å². The first-order valence-corrected chi connectivity index (χ1v) is 5.54. The molecule has 0 spiro atoms. The van der Waals surface area contributed by atoms with Crippen molar-refractivity contribution in [3.63, 3.8) is 0 Å². The molecular weight excluding hydrogens is 236 g/mol. The Morgan fingerprint density at radius 2 is 2.22 bits per heavy atom. The Morgan fingerprint density at radius 1 is 1.56 bits per heavy atom. The summed E-state index contributed by atoms with van der Waals surface area (Å²) < 4.78 is 5.12. The van der Waals surface area contributed by atoms with Crippen LogP contribution < -0.4 is 5.32 Å². The Morgan fingerprint density at radius 3 is 2.67 bits per heavy atom. The second-order valence-corrected chi connectivity index (χ2v) is 3.88. The van der Waals surface area contributed by atoms with Gasteiger partial charge in [-0.05, 0) is 19.8 Å². The highest BCUT2D eigenvalue weighted by Crippen LogP contribution is 2.10. The van der Waals surface area contributed by atoms with Gasteiger partial charge in [0.25, 0.3) is 5.91 Å². The number of aromatic nitrogens is 1. The SMILES string of the molecule is C=CCCC(NC(=O)c1oc(C)nc1C)C(=O)O. The summed E-state index contributed by atoms with van der Waals surface area (Å²) in [5.41, 5.74) is 0.442. The van der Waals surface area contributed by atoms with Crippen molar-refractivity contribution >= 4 is 11.9 Å². The molecule has 0 aromatic carbocycles. The van der Waals surface area contributed by atoms with Crippen LogP contribution in [0.1, 0.15) is 35.0 Å². The first kappa shape index (κ1) is 14.0. The van der Waals surface area contributed by atoms with Crippen LogP contribution in [0.25, 0.3) is 0 Å². The van der Waals surface area contributed by atoms with E-state index in [1.807, 2.05) is 0 Å². The van der Waals surface area contributed by atoms with Gasteiger partial charge in [0, 0.05) is 6.92 Å². The van der Waals surface area contributed by atoms with Crippen molar-refractivity contribution < 1.29 is 19.1 Å². The average Bonchev–Trinajstić information content (AvgIpc) is 2.63. The van der Waals surface area contributed by atoms with Crippen LogP contribution in [0.2, 0.25) is 0 Å². The first-order chi connectivity index (χ1) is 8.45. The summed E-state index contributed by atoms with van der Waals surface area (Å²) in [6, 6.07) is -0.958. The number of aliphatic carboxylic acids is 1. The minimum Gasteiger partial charge on any atom is -0.480 e.